The molecule has 2 rings (SSSR count). The number of aliphatic hydroxyl groups is 1. The van der Waals surface area contributed by atoms with Gasteiger partial charge in [0.05, 0.1) is 19.8 Å². The third-order valence-corrected chi connectivity index (χ3v) is 4.03. The third-order valence-electron chi connectivity index (χ3n) is 4.03. The minimum Gasteiger partial charge on any atom is -0.478 e. The number of carboxylic acid groups (broad SMARTS) is 1. The van der Waals surface area contributed by atoms with Gasteiger partial charge in [-0.05, 0) is 18.6 Å². The van der Waals surface area contributed by atoms with Crippen LogP contribution in [0, 0.1) is 0 Å². The fourth-order valence-electron chi connectivity index (χ4n) is 2.37. The third kappa shape index (κ3) is 7.25. The minimum absolute atomic E-state index is 0.0351. The molecule has 0 aromatic heterocycles. The minimum atomic E-state index is -1.20. The molecule has 8 nitrogen and oxygen atoms in total. The van der Waals surface area contributed by atoms with Crippen LogP contribution in [0.15, 0.2) is 24.3 Å². The second kappa shape index (κ2) is 9.82. The molecule has 2 heterocycles. The van der Waals surface area contributed by atoms with Gasteiger partial charge in [-0.25, -0.2) is 9.59 Å². The maximum Gasteiger partial charge on any atom is 0.332 e. The number of carboxylic acids is 1. The quantitative estimate of drug-likeness (QED) is 0.163. The molecule has 0 amide bonds. The van der Waals surface area contributed by atoms with Crippen molar-refractivity contribution in [1.29, 1.82) is 0 Å². The van der Waals surface area contributed by atoms with E-state index >= 15 is 0 Å². The summed E-state index contributed by atoms with van der Waals surface area (Å²) in [6.07, 6.45) is 6.33. The summed E-state index contributed by atoms with van der Waals surface area (Å²) >= 11 is 0. The first-order valence-corrected chi connectivity index (χ1v) is 8.82. The number of carbonyl (C=O) groups excluding carboxylic acids is 1. The Bertz CT molecular complexity index is 535. The van der Waals surface area contributed by atoms with Crippen molar-refractivity contribution in [1.82, 2.24) is 0 Å². The number of rotatable bonds is 13. The van der Waals surface area contributed by atoms with E-state index in [0.29, 0.717) is 19.6 Å². The highest BCUT2D eigenvalue weighted by atomic mass is 16.6. The number of aliphatic carboxylic acids is 1. The number of ether oxygens (including phenoxy) is 4. The van der Waals surface area contributed by atoms with Crippen LogP contribution < -0.4 is 0 Å². The largest absolute Gasteiger partial charge is 0.478 e. The molecule has 2 fully saturated rings. The summed E-state index contributed by atoms with van der Waals surface area (Å²) in [5, 5.41) is 18.6. The van der Waals surface area contributed by atoms with Gasteiger partial charge in [-0.3, -0.25) is 0 Å². The molecule has 2 aliphatic rings. The molecule has 0 radical (unpaired) electrons. The Morgan fingerprint density at radius 1 is 1.23 bits per heavy atom. The summed E-state index contributed by atoms with van der Waals surface area (Å²) < 4.78 is 21.1. The van der Waals surface area contributed by atoms with Crippen LogP contribution in [0.1, 0.15) is 32.6 Å². The molecular formula is C18H26O8. The lowest BCUT2D eigenvalue weighted by Gasteiger charge is -2.25. The lowest BCUT2D eigenvalue weighted by Crippen LogP contribution is -2.36. The van der Waals surface area contributed by atoms with Crippen LogP contribution in [0.3, 0.4) is 0 Å². The predicted octanol–water partition coefficient (Wildman–Crippen LogP) is 1.18. The van der Waals surface area contributed by atoms with E-state index < -0.39 is 29.9 Å². The zero-order valence-corrected chi connectivity index (χ0v) is 14.8. The van der Waals surface area contributed by atoms with Crippen LogP contribution in [-0.2, 0) is 28.5 Å². The number of esters is 1. The van der Waals surface area contributed by atoms with E-state index in [1.165, 1.54) is 12.2 Å². The lowest BCUT2D eigenvalue weighted by atomic mass is 9.98. The second-order valence-corrected chi connectivity index (χ2v) is 6.33. The highest BCUT2D eigenvalue weighted by Gasteiger charge is 2.46. The summed E-state index contributed by atoms with van der Waals surface area (Å²) in [6.45, 7) is 3.26. The topological polar surface area (TPSA) is 118 Å². The van der Waals surface area contributed by atoms with Crippen molar-refractivity contribution >= 4 is 11.9 Å². The van der Waals surface area contributed by atoms with Gasteiger partial charge in [-0.15, -0.1) is 0 Å². The summed E-state index contributed by atoms with van der Waals surface area (Å²) in [6, 6.07) is 0. The van der Waals surface area contributed by atoms with Crippen molar-refractivity contribution < 1.29 is 38.7 Å². The van der Waals surface area contributed by atoms with Crippen LogP contribution in [0.5, 0.6) is 0 Å². The molecule has 4 unspecified atom stereocenters. The molecule has 2 aliphatic heterocycles. The van der Waals surface area contributed by atoms with E-state index in [0.717, 1.165) is 31.4 Å². The van der Waals surface area contributed by atoms with Crippen LogP contribution in [0.2, 0.25) is 0 Å². The molecule has 2 saturated heterocycles. The first-order valence-electron chi connectivity index (χ1n) is 8.82. The average molecular weight is 370 g/mol. The van der Waals surface area contributed by atoms with Crippen molar-refractivity contribution in [3.8, 4) is 0 Å². The van der Waals surface area contributed by atoms with Crippen LogP contribution in [0.4, 0.5) is 0 Å². The summed E-state index contributed by atoms with van der Waals surface area (Å²) in [4.78, 5) is 22.8. The van der Waals surface area contributed by atoms with E-state index in [2.05, 4.69) is 0 Å². The molecule has 26 heavy (non-hydrogen) atoms. The Morgan fingerprint density at radius 2 is 1.92 bits per heavy atom. The Kier molecular flexibility index (Phi) is 7.77. The summed E-state index contributed by atoms with van der Waals surface area (Å²) in [5.74, 6) is -1.86. The maximum atomic E-state index is 11.9. The fourth-order valence-corrected chi connectivity index (χ4v) is 2.37. The molecular weight excluding hydrogens is 344 g/mol. The van der Waals surface area contributed by atoms with Gasteiger partial charge in [0.2, 0.25) is 6.29 Å². The smallest absolute Gasteiger partial charge is 0.332 e. The van der Waals surface area contributed by atoms with Gasteiger partial charge < -0.3 is 29.2 Å². The Morgan fingerprint density at radius 3 is 2.50 bits per heavy atom. The second-order valence-electron chi connectivity index (χ2n) is 6.33. The first-order chi connectivity index (χ1) is 12.4. The fraction of sp³-hybridized carbons (Fsp3) is 0.667. The van der Waals surface area contributed by atoms with Crippen molar-refractivity contribution in [2.24, 2.45) is 0 Å². The van der Waals surface area contributed by atoms with Crippen LogP contribution in [-0.4, -0.2) is 66.1 Å². The zero-order valence-electron chi connectivity index (χ0n) is 14.8. The van der Waals surface area contributed by atoms with E-state index in [-0.39, 0.29) is 12.7 Å². The average Bonchev–Trinajstić information content (AvgIpc) is 3.47. The molecule has 146 valence electrons. The van der Waals surface area contributed by atoms with E-state index in [9.17, 15) is 14.7 Å². The Balaban J connectivity index is 1.98. The molecule has 4 atom stereocenters. The zero-order chi connectivity index (χ0) is 19.0. The maximum absolute atomic E-state index is 11.9. The van der Waals surface area contributed by atoms with Crippen molar-refractivity contribution in [2.75, 3.05) is 19.8 Å². The van der Waals surface area contributed by atoms with E-state index in [1.807, 2.05) is 6.92 Å². The number of hydrogen-bond donors (Lipinski definition) is 2. The standard InChI is InChI=1S/C18H26O8/c1-2-3-4-5-16(21)26-17(22)7-9-18(14-12-24-14,8-6-15(19)20)25-11-13-10-23-13/h6-9,13-14,16,21H,2-5,10-12H2,1H3,(H,19,20). The highest BCUT2D eigenvalue weighted by Crippen LogP contribution is 2.32. The SMILES string of the molecule is CCCCCC(O)OC(=O)C=CC(C=CC(=O)O)(OCC1CO1)C1CO1. The highest BCUT2D eigenvalue weighted by molar-refractivity contribution is 5.83. The molecule has 0 aromatic rings. The summed E-state index contributed by atoms with van der Waals surface area (Å²) in [7, 11) is 0. The number of epoxide rings is 2. The number of carbonyl (C=O) groups is 2. The van der Waals surface area contributed by atoms with Crippen LogP contribution >= 0.6 is 0 Å². The normalized spacial score (nSPS) is 25.2. The molecule has 2 N–H and O–H groups in total. The van der Waals surface area contributed by atoms with Gasteiger partial charge in [0.15, 0.2) is 0 Å². The van der Waals surface area contributed by atoms with Gasteiger partial charge in [-0.1, -0.05) is 19.8 Å². The van der Waals surface area contributed by atoms with Gasteiger partial charge in [0, 0.05) is 18.6 Å². The van der Waals surface area contributed by atoms with Gasteiger partial charge >= 0.3 is 11.9 Å². The van der Waals surface area contributed by atoms with Crippen LogP contribution in [0.25, 0.3) is 0 Å². The molecule has 0 spiro atoms. The predicted molar refractivity (Wildman–Crippen MR) is 90.3 cm³/mol. The van der Waals surface area contributed by atoms with Crippen molar-refractivity contribution in [3.63, 3.8) is 0 Å². The van der Waals surface area contributed by atoms with E-state index in [1.54, 1.807) is 0 Å². The molecule has 0 aromatic carbocycles. The van der Waals surface area contributed by atoms with Gasteiger partial charge in [0.25, 0.3) is 0 Å². The summed E-state index contributed by atoms with van der Waals surface area (Å²) in [5.41, 5.74) is -1.20. The monoisotopic (exact) mass is 370 g/mol. The van der Waals surface area contributed by atoms with Crippen molar-refractivity contribution in [2.45, 2.75) is 56.7 Å². The first kappa shape index (κ1) is 20.6. The Hall–Kier alpha value is -1.74. The molecule has 0 aliphatic carbocycles. The molecule has 0 bridgehead atoms. The molecule has 8 heteroatoms. The van der Waals surface area contributed by atoms with E-state index in [4.69, 9.17) is 24.1 Å². The van der Waals surface area contributed by atoms with Gasteiger partial charge in [0.1, 0.15) is 17.8 Å². The number of aliphatic hydroxyl groups excluding tert-OH is 1. The molecule has 0 saturated carbocycles. The van der Waals surface area contributed by atoms with Crippen molar-refractivity contribution in [3.05, 3.63) is 24.3 Å². The van der Waals surface area contributed by atoms with Gasteiger partial charge in [-0.2, -0.15) is 0 Å². The number of unbranched alkanes of at least 4 members (excludes halogenated alkanes) is 2. The number of hydrogen-bond acceptors (Lipinski definition) is 7. The Labute approximate surface area is 152 Å². The lowest BCUT2D eigenvalue weighted by molar-refractivity contribution is -0.162.